The van der Waals surface area contributed by atoms with Gasteiger partial charge in [0.05, 0.1) is 17.7 Å². The Morgan fingerprint density at radius 2 is 2.15 bits per heavy atom. The van der Waals surface area contributed by atoms with E-state index in [9.17, 15) is 0 Å². The van der Waals surface area contributed by atoms with Crippen LogP contribution in [0, 0.1) is 11.3 Å². The van der Waals surface area contributed by atoms with Crippen LogP contribution in [-0.4, -0.2) is 43.9 Å². The maximum absolute atomic E-state index is 8.73. The van der Waals surface area contributed by atoms with Crippen LogP contribution in [-0.2, 0) is 4.74 Å². The van der Waals surface area contributed by atoms with Gasteiger partial charge in [0.1, 0.15) is 12.4 Å². The average Bonchev–Trinajstić information content (AvgIpc) is 2.49. The van der Waals surface area contributed by atoms with Crippen molar-refractivity contribution < 1.29 is 9.47 Å². The van der Waals surface area contributed by atoms with E-state index < -0.39 is 0 Å². The molecule has 0 radical (unpaired) electrons. The summed E-state index contributed by atoms with van der Waals surface area (Å²) < 4.78 is 11.4. The highest BCUT2D eigenvalue weighted by Crippen LogP contribution is 2.14. The lowest BCUT2D eigenvalue weighted by atomic mass is 10.1. The first kappa shape index (κ1) is 14.8. The normalized spacial score (nSPS) is 19.5. The Bertz CT molecular complexity index is 437. The number of rotatable bonds is 6. The van der Waals surface area contributed by atoms with Gasteiger partial charge in [0.2, 0.25) is 0 Å². The number of hydrogen-bond acceptors (Lipinski definition) is 4. The van der Waals surface area contributed by atoms with Crippen molar-refractivity contribution in [3.05, 3.63) is 29.8 Å². The summed E-state index contributed by atoms with van der Waals surface area (Å²) in [5, 5.41) is 8.73. The third-order valence-corrected chi connectivity index (χ3v) is 3.52. The minimum Gasteiger partial charge on any atom is -0.492 e. The number of nitriles is 1. The summed E-state index contributed by atoms with van der Waals surface area (Å²) in [5.41, 5.74) is 0.660. The third-order valence-electron chi connectivity index (χ3n) is 3.52. The van der Waals surface area contributed by atoms with Crippen molar-refractivity contribution >= 4 is 0 Å². The van der Waals surface area contributed by atoms with Crippen LogP contribution < -0.4 is 4.74 Å². The number of likely N-dealkylation sites (tertiary alicyclic amines) is 1. The molecule has 0 aliphatic carbocycles. The quantitative estimate of drug-likeness (QED) is 0.799. The molecule has 1 aromatic carbocycles. The van der Waals surface area contributed by atoms with Gasteiger partial charge in [-0.3, -0.25) is 4.90 Å². The molecule has 2 rings (SSSR count). The van der Waals surface area contributed by atoms with Gasteiger partial charge in [-0.1, -0.05) is 0 Å². The lowest BCUT2D eigenvalue weighted by Crippen LogP contribution is -2.41. The molecule has 108 valence electrons. The van der Waals surface area contributed by atoms with Crippen molar-refractivity contribution in [1.82, 2.24) is 4.90 Å². The molecule has 1 aliphatic heterocycles. The van der Waals surface area contributed by atoms with E-state index in [0.29, 0.717) is 18.3 Å². The Kier molecular flexibility index (Phi) is 5.85. The summed E-state index contributed by atoms with van der Waals surface area (Å²) in [5.74, 6) is 0.822. The standard InChI is InChI=1S/C16H22N2O2/c1-2-19-16-4-3-9-18(13-16)10-11-20-15-7-5-14(12-17)6-8-15/h5-8,16H,2-4,9-11,13H2,1H3. The van der Waals surface area contributed by atoms with Gasteiger partial charge in [0, 0.05) is 19.7 Å². The van der Waals surface area contributed by atoms with E-state index >= 15 is 0 Å². The lowest BCUT2D eigenvalue weighted by Gasteiger charge is -2.32. The number of piperidine rings is 1. The summed E-state index contributed by atoms with van der Waals surface area (Å²) in [6.45, 7) is 6.56. The molecule has 4 heteroatoms. The predicted octanol–water partition coefficient (Wildman–Crippen LogP) is 2.44. The molecule has 1 saturated heterocycles. The van der Waals surface area contributed by atoms with Crippen LogP contribution in [0.2, 0.25) is 0 Å². The van der Waals surface area contributed by atoms with Gasteiger partial charge in [-0.25, -0.2) is 0 Å². The molecular weight excluding hydrogens is 252 g/mol. The van der Waals surface area contributed by atoms with E-state index in [1.165, 1.54) is 12.8 Å². The molecule has 1 fully saturated rings. The van der Waals surface area contributed by atoms with Gasteiger partial charge in [-0.05, 0) is 50.6 Å². The second-order valence-electron chi connectivity index (χ2n) is 5.00. The zero-order chi connectivity index (χ0) is 14.2. The summed E-state index contributed by atoms with van der Waals surface area (Å²) >= 11 is 0. The van der Waals surface area contributed by atoms with E-state index in [0.717, 1.165) is 32.0 Å². The van der Waals surface area contributed by atoms with Crippen LogP contribution in [0.3, 0.4) is 0 Å². The molecule has 1 unspecified atom stereocenters. The smallest absolute Gasteiger partial charge is 0.119 e. The molecule has 1 aliphatic rings. The highest BCUT2D eigenvalue weighted by Gasteiger charge is 2.19. The zero-order valence-corrected chi connectivity index (χ0v) is 12.0. The molecule has 0 bridgehead atoms. The highest BCUT2D eigenvalue weighted by atomic mass is 16.5. The Morgan fingerprint density at radius 3 is 2.85 bits per heavy atom. The molecule has 1 atom stereocenters. The molecule has 20 heavy (non-hydrogen) atoms. The van der Waals surface area contributed by atoms with E-state index in [-0.39, 0.29) is 0 Å². The van der Waals surface area contributed by atoms with E-state index in [1.54, 1.807) is 12.1 Å². The number of nitrogens with zero attached hydrogens (tertiary/aromatic N) is 2. The molecule has 0 spiro atoms. The SMILES string of the molecule is CCOC1CCCN(CCOc2ccc(C#N)cc2)C1. The fourth-order valence-corrected chi connectivity index (χ4v) is 2.51. The van der Waals surface area contributed by atoms with Crippen molar-refractivity contribution in [2.24, 2.45) is 0 Å². The van der Waals surface area contributed by atoms with Crippen molar-refractivity contribution in [1.29, 1.82) is 5.26 Å². The van der Waals surface area contributed by atoms with Crippen LogP contribution in [0.25, 0.3) is 0 Å². The maximum Gasteiger partial charge on any atom is 0.119 e. The second kappa shape index (κ2) is 7.88. The molecule has 0 N–H and O–H groups in total. The third kappa shape index (κ3) is 4.52. The molecule has 4 nitrogen and oxygen atoms in total. The number of hydrogen-bond donors (Lipinski definition) is 0. The minimum absolute atomic E-state index is 0.378. The number of benzene rings is 1. The molecule has 0 saturated carbocycles. The van der Waals surface area contributed by atoms with Crippen LogP contribution >= 0.6 is 0 Å². The van der Waals surface area contributed by atoms with Crippen molar-refractivity contribution in [2.75, 3.05) is 32.8 Å². The Hall–Kier alpha value is -1.57. The van der Waals surface area contributed by atoms with Crippen molar-refractivity contribution in [3.8, 4) is 11.8 Å². The monoisotopic (exact) mass is 274 g/mol. The minimum atomic E-state index is 0.378. The molecule has 1 heterocycles. The largest absolute Gasteiger partial charge is 0.492 e. The van der Waals surface area contributed by atoms with E-state index in [4.69, 9.17) is 14.7 Å². The first-order chi connectivity index (χ1) is 9.81. The number of ether oxygens (including phenoxy) is 2. The van der Waals surface area contributed by atoms with Crippen LogP contribution in [0.1, 0.15) is 25.3 Å². The Labute approximate surface area is 120 Å². The van der Waals surface area contributed by atoms with Crippen LogP contribution in [0.15, 0.2) is 24.3 Å². The average molecular weight is 274 g/mol. The van der Waals surface area contributed by atoms with Crippen LogP contribution in [0.4, 0.5) is 0 Å². The van der Waals surface area contributed by atoms with Gasteiger partial charge >= 0.3 is 0 Å². The van der Waals surface area contributed by atoms with Gasteiger partial charge in [0.25, 0.3) is 0 Å². The lowest BCUT2D eigenvalue weighted by molar-refractivity contribution is 0.00304. The van der Waals surface area contributed by atoms with E-state index in [1.807, 2.05) is 19.1 Å². The maximum atomic E-state index is 8.73. The highest BCUT2D eigenvalue weighted by molar-refractivity contribution is 5.34. The molecule has 0 aromatic heterocycles. The molecule has 0 amide bonds. The fraction of sp³-hybridized carbons (Fsp3) is 0.562. The van der Waals surface area contributed by atoms with Crippen molar-refractivity contribution in [3.63, 3.8) is 0 Å². The molecule has 1 aromatic rings. The molecular formula is C16H22N2O2. The zero-order valence-electron chi connectivity index (χ0n) is 12.0. The summed E-state index contributed by atoms with van der Waals surface area (Å²) in [7, 11) is 0. The summed E-state index contributed by atoms with van der Waals surface area (Å²) in [6, 6.07) is 9.35. The fourth-order valence-electron chi connectivity index (χ4n) is 2.51. The Balaban J connectivity index is 1.71. The second-order valence-corrected chi connectivity index (χ2v) is 5.00. The topological polar surface area (TPSA) is 45.5 Å². The summed E-state index contributed by atoms with van der Waals surface area (Å²) in [4.78, 5) is 2.40. The Morgan fingerprint density at radius 1 is 1.35 bits per heavy atom. The van der Waals surface area contributed by atoms with E-state index in [2.05, 4.69) is 11.0 Å². The van der Waals surface area contributed by atoms with Crippen molar-refractivity contribution in [2.45, 2.75) is 25.9 Å². The van der Waals surface area contributed by atoms with Gasteiger partial charge in [0.15, 0.2) is 0 Å². The first-order valence-electron chi connectivity index (χ1n) is 7.28. The van der Waals surface area contributed by atoms with Gasteiger partial charge in [-0.15, -0.1) is 0 Å². The van der Waals surface area contributed by atoms with Crippen LogP contribution in [0.5, 0.6) is 5.75 Å². The summed E-state index contributed by atoms with van der Waals surface area (Å²) in [6.07, 6.45) is 2.74. The van der Waals surface area contributed by atoms with Gasteiger partial charge in [-0.2, -0.15) is 5.26 Å². The predicted molar refractivity (Wildman–Crippen MR) is 77.7 cm³/mol. The first-order valence-corrected chi connectivity index (χ1v) is 7.28. The van der Waals surface area contributed by atoms with Gasteiger partial charge < -0.3 is 9.47 Å².